The van der Waals surface area contributed by atoms with E-state index in [1.807, 2.05) is 6.92 Å². The fraction of sp³-hybridized carbons (Fsp3) is 0.550. The van der Waals surface area contributed by atoms with Crippen LogP contribution in [0.15, 0.2) is 18.2 Å². The molecule has 2 rings (SSSR count). The van der Waals surface area contributed by atoms with Crippen molar-refractivity contribution in [3.8, 4) is 0 Å². The van der Waals surface area contributed by atoms with Crippen LogP contribution in [0.5, 0.6) is 0 Å². The van der Waals surface area contributed by atoms with Gasteiger partial charge in [-0.1, -0.05) is 39.0 Å². The van der Waals surface area contributed by atoms with Crippen LogP contribution in [0.2, 0.25) is 0 Å². The van der Waals surface area contributed by atoms with E-state index in [2.05, 4.69) is 16.1 Å². The van der Waals surface area contributed by atoms with Crippen LogP contribution in [0.25, 0.3) is 0 Å². The topological polar surface area (TPSA) is 108 Å². The minimum atomic E-state index is -1.19. The third-order valence-electron chi connectivity index (χ3n) is 5.17. The van der Waals surface area contributed by atoms with Crippen molar-refractivity contribution in [3.63, 3.8) is 0 Å². The number of halogens is 2. The van der Waals surface area contributed by atoms with Crippen molar-refractivity contribution in [1.29, 1.82) is 0 Å². The normalized spacial score (nSPS) is 16.7. The summed E-state index contributed by atoms with van der Waals surface area (Å²) in [5.41, 5.74) is 0.710. The second-order valence-electron chi connectivity index (χ2n) is 7.40. The maximum atomic E-state index is 13.3. The van der Waals surface area contributed by atoms with Crippen LogP contribution >= 0.6 is 0 Å². The molecule has 1 atom stereocenters. The predicted octanol–water partition coefficient (Wildman–Crippen LogP) is 2.83. The first-order chi connectivity index (χ1) is 13.8. The van der Waals surface area contributed by atoms with Gasteiger partial charge < -0.3 is 15.8 Å². The Balaban J connectivity index is 2.11. The van der Waals surface area contributed by atoms with Crippen LogP contribution in [0.4, 0.5) is 14.5 Å². The number of nitrogens with one attached hydrogen (secondary N) is 3. The minimum absolute atomic E-state index is 0.192. The molecule has 0 spiro atoms. The van der Waals surface area contributed by atoms with Crippen LogP contribution in [-0.2, 0) is 14.4 Å². The third-order valence-corrected chi connectivity index (χ3v) is 5.17. The lowest BCUT2D eigenvalue weighted by Gasteiger charge is -2.35. The van der Waals surface area contributed by atoms with Gasteiger partial charge in [-0.15, -0.1) is 0 Å². The molecule has 1 saturated carbocycles. The van der Waals surface area contributed by atoms with Gasteiger partial charge >= 0.3 is 0 Å². The fourth-order valence-electron chi connectivity index (χ4n) is 3.50. The van der Waals surface area contributed by atoms with E-state index in [0.29, 0.717) is 25.3 Å². The van der Waals surface area contributed by atoms with Gasteiger partial charge in [-0.05, 0) is 31.4 Å². The highest BCUT2D eigenvalue weighted by molar-refractivity contribution is 6.42. The lowest BCUT2D eigenvalue weighted by Crippen LogP contribution is -2.60. The van der Waals surface area contributed by atoms with Gasteiger partial charge in [0.25, 0.3) is 5.91 Å². The Labute approximate surface area is 168 Å². The number of carbonyl (C=O) groups is 3. The average molecular weight is 411 g/mol. The van der Waals surface area contributed by atoms with Gasteiger partial charge in [-0.2, -0.15) is 5.48 Å². The van der Waals surface area contributed by atoms with E-state index in [1.54, 1.807) is 0 Å². The second kappa shape index (κ2) is 10.4. The number of hydrogen-bond acceptors (Lipinski definition) is 5. The summed E-state index contributed by atoms with van der Waals surface area (Å²) >= 11 is 0. The molecular formula is C20H27F2N3O4. The van der Waals surface area contributed by atoms with Crippen LogP contribution in [0, 0.1) is 11.6 Å². The summed E-state index contributed by atoms with van der Waals surface area (Å²) in [5.74, 6) is -4.32. The fourth-order valence-corrected chi connectivity index (χ4v) is 3.50. The molecule has 1 fully saturated rings. The molecule has 4 N–H and O–H groups in total. The highest BCUT2D eigenvalue weighted by atomic mass is 19.1. The number of ketones is 1. The lowest BCUT2D eigenvalue weighted by molar-refractivity contribution is -0.140. The molecule has 160 valence electrons. The monoisotopic (exact) mass is 411 g/mol. The number of carbonyl (C=O) groups excluding carboxylic acids is 3. The lowest BCUT2D eigenvalue weighted by atomic mass is 9.81. The summed E-state index contributed by atoms with van der Waals surface area (Å²) in [7, 11) is 0. The van der Waals surface area contributed by atoms with Crippen molar-refractivity contribution in [2.75, 3.05) is 5.32 Å². The smallest absolute Gasteiger partial charge is 0.293 e. The van der Waals surface area contributed by atoms with E-state index in [4.69, 9.17) is 0 Å². The second-order valence-corrected chi connectivity index (χ2v) is 7.40. The standard InChI is InChI=1S/C20H27F2N3O4/c1-2-3-7-16(24-19(28)20(25-29)8-5-4-6-9-20)17(26)18(27)23-15-11-13(21)10-14(22)12-15/h10-12,16,25,29H,2-9H2,1H3,(H,23,27)(H,24,28)/t16-/m0/s1. The Bertz CT molecular complexity index is 731. The molecule has 9 heteroatoms. The first-order valence-electron chi connectivity index (χ1n) is 9.85. The molecule has 1 aliphatic rings. The molecule has 0 aromatic heterocycles. The third kappa shape index (κ3) is 6.04. The molecule has 0 aliphatic heterocycles. The van der Waals surface area contributed by atoms with Crippen molar-refractivity contribution in [1.82, 2.24) is 10.8 Å². The van der Waals surface area contributed by atoms with Gasteiger partial charge in [0.15, 0.2) is 0 Å². The number of unbranched alkanes of at least 4 members (excludes halogenated alkanes) is 1. The largest absolute Gasteiger partial charge is 0.344 e. The number of Topliss-reactive ketones (excluding diaryl/α,β-unsaturated/α-hetero) is 1. The molecule has 0 unspecified atom stereocenters. The summed E-state index contributed by atoms with van der Waals surface area (Å²) in [5, 5.41) is 14.3. The zero-order valence-electron chi connectivity index (χ0n) is 16.4. The van der Waals surface area contributed by atoms with Crippen LogP contribution in [0.1, 0.15) is 58.3 Å². The zero-order chi connectivity index (χ0) is 21.4. The number of hydroxylamine groups is 1. The maximum absolute atomic E-state index is 13.3. The summed E-state index contributed by atoms with van der Waals surface area (Å²) in [6.07, 6.45) is 4.82. The van der Waals surface area contributed by atoms with Crippen molar-refractivity contribution in [2.24, 2.45) is 0 Å². The molecule has 29 heavy (non-hydrogen) atoms. The van der Waals surface area contributed by atoms with Crippen molar-refractivity contribution in [3.05, 3.63) is 29.8 Å². The molecule has 2 amide bonds. The predicted molar refractivity (Wildman–Crippen MR) is 102 cm³/mol. The van der Waals surface area contributed by atoms with Crippen LogP contribution < -0.4 is 16.1 Å². The average Bonchev–Trinajstić information content (AvgIpc) is 2.70. The van der Waals surface area contributed by atoms with Gasteiger partial charge in [0.1, 0.15) is 17.2 Å². The number of amides is 2. The van der Waals surface area contributed by atoms with Gasteiger partial charge in [-0.25, -0.2) is 8.78 Å². The molecule has 0 bridgehead atoms. The molecular weight excluding hydrogens is 384 g/mol. The van der Waals surface area contributed by atoms with Gasteiger partial charge in [-0.3, -0.25) is 14.4 Å². The van der Waals surface area contributed by atoms with E-state index in [-0.39, 0.29) is 12.1 Å². The van der Waals surface area contributed by atoms with Crippen LogP contribution in [0.3, 0.4) is 0 Å². The first-order valence-corrected chi connectivity index (χ1v) is 9.85. The summed E-state index contributed by atoms with van der Waals surface area (Å²) in [6.45, 7) is 1.90. The van der Waals surface area contributed by atoms with Gasteiger partial charge in [0.2, 0.25) is 11.7 Å². The quantitative estimate of drug-likeness (QED) is 0.369. The minimum Gasteiger partial charge on any atom is -0.344 e. The molecule has 0 heterocycles. The van der Waals surface area contributed by atoms with E-state index < -0.39 is 40.8 Å². The van der Waals surface area contributed by atoms with Crippen molar-refractivity contribution >= 4 is 23.3 Å². The molecule has 1 aromatic rings. The summed E-state index contributed by atoms with van der Waals surface area (Å²) < 4.78 is 26.6. The van der Waals surface area contributed by atoms with E-state index in [1.165, 1.54) is 0 Å². The Kier molecular flexibility index (Phi) is 8.21. The van der Waals surface area contributed by atoms with Crippen molar-refractivity contribution < 1.29 is 28.4 Å². The van der Waals surface area contributed by atoms with E-state index in [0.717, 1.165) is 37.8 Å². The number of anilines is 1. The number of hydrogen-bond donors (Lipinski definition) is 4. The molecule has 0 saturated heterocycles. The molecule has 1 aromatic carbocycles. The van der Waals surface area contributed by atoms with Gasteiger partial charge in [0, 0.05) is 11.8 Å². The Morgan fingerprint density at radius 2 is 1.72 bits per heavy atom. The Hall–Kier alpha value is -2.39. The SMILES string of the molecule is CCCC[C@H](NC(=O)C1(NO)CCCCC1)C(=O)C(=O)Nc1cc(F)cc(F)c1. The molecule has 1 aliphatic carbocycles. The number of rotatable bonds is 9. The zero-order valence-corrected chi connectivity index (χ0v) is 16.4. The number of benzene rings is 1. The molecule has 0 radical (unpaired) electrons. The summed E-state index contributed by atoms with van der Waals surface area (Å²) in [4.78, 5) is 37.7. The first kappa shape index (κ1) is 22.9. The van der Waals surface area contributed by atoms with Crippen LogP contribution in [-0.4, -0.2) is 34.4 Å². The Morgan fingerprint density at radius 1 is 1.10 bits per heavy atom. The van der Waals surface area contributed by atoms with Crippen molar-refractivity contribution in [2.45, 2.75) is 69.9 Å². The highest BCUT2D eigenvalue weighted by Crippen LogP contribution is 2.28. The van der Waals surface area contributed by atoms with E-state index in [9.17, 15) is 28.4 Å². The highest BCUT2D eigenvalue weighted by Gasteiger charge is 2.41. The Morgan fingerprint density at radius 3 is 2.28 bits per heavy atom. The molecule has 7 nitrogen and oxygen atoms in total. The maximum Gasteiger partial charge on any atom is 0.293 e. The van der Waals surface area contributed by atoms with E-state index >= 15 is 0 Å². The summed E-state index contributed by atoms with van der Waals surface area (Å²) in [6, 6.07) is 1.32. The van der Waals surface area contributed by atoms with Gasteiger partial charge in [0.05, 0.1) is 6.04 Å².